The van der Waals surface area contributed by atoms with Crippen LogP contribution in [-0.2, 0) is 13.5 Å². The first kappa shape index (κ1) is 8.75. The van der Waals surface area contributed by atoms with Crippen molar-refractivity contribution in [3.63, 3.8) is 0 Å². The SMILES string of the molecule is Cn1cc(C[C@H](C#N)CO)cn1. The van der Waals surface area contributed by atoms with Gasteiger partial charge >= 0.3 is 0 Å². The Labute approximate surface area is 71.1 Å². The molecule has 1 rings (SSSR count). The molecule has 1 N–H and O–H groups in total. The second kappa shape index (κ2) is 3.88. The molecule has 0 fully saturated rings. The van der Waals surface area contributed by atoms with Crippen LogP contribution in [0.5, 0.6) is 0 Å². The van der Waals surface area contributed by atoms with Gasteiger partial charge in [-0.25, -0.2) is 0 Å². The van der Waals surface area contributed by atoms with Gasteiger partial charge < -0.3 is 5.11 Å². The van der Waals surface area contributed by atoms with E-state index in [4.69, 9.17) is 10.4 Å². The summed E-state index contributed by atoms with van der Waals surface area (Å²) >= 11 is 0. The van der Waals surface area contributed by atoms with Crippen LogP contribution >= 0.6 is 0 Å². The van der Waals surface area contributed by atoms with Gasteiger partial charge in [-0.1, -0.05) is 0 Å². The van der Waals surface area contributed by atoms with E-state index in [-0.39, 0.29) is 12.5 Å². The maximum Gasteiger partial charge on any atom is 0.0735 e. The molecule has 4 nitrogen and oxygen atoms in total. The van der Waals surface area contributed by atoms with E-state index in [0.717, 1.165) is 5.56 Å². The highest BCUT2D eigenvalue weighted by Gasteiger charge is 2.07. The van der Waals surface area contributed by atoms with Crippen molar-refractivity contribution in [1.82, 2.24) is 9.78 Å². The summed E-state index contributed by atoms with van der Waals surface area (Å²) in [5.41, 5.74) is 0.984. The van der Waals surface area contributed by atoms with Crippen LogP contribution < -0.4 is 0 Å². The van der Waals surface area contributed by atoms with Gasteiger partial charge in [0.1, 0.15) is 0 Å². The number of aliphatic hydroxyl groups is 1. The first-order valence-corrected chi connectivity index (χ1v) is 3.74. The fourth-order valence-corrected chi connectivity index (χ4v) is 1.01. The second-order valence-electron chi connectivity index (χ2n) is 2.73. The maximum absolute atomic E-state index is 8.74. The molecule has 0 radical (unpaired) electrons. The second-order valence-corrected chi connectivity index (χ2v) is 2.73. The molecule has 1 atom stereocenters. The van der Waals surface area contributed by atoms with Crippen LogP contribution in [0, 0.1) is 17.2 Å². The summed E-state index contributed by atoms with van der Waals surface area (Å²) in [6.45, 7) is -0.0919. The van der Waals surface area contributed by atoms with Crippen molar-refractivity contribution in [2.75, 3.05) is 6.61 Å². The van der Waals surface area contributed by atoms with Crippen molar-refractivity contribution in [2.45, 2.75) is 6.42 Å². The zero-order valence-corrected chi connectivity index (χ0v) is 6.94. The highest BCUT2D eigenvalue weighted by atomic mass is 16.3. The third-order valence-electron chi connectivity index (χ3n) is 1.64. The van der Waals surface area contributed by atoms with Gasteiger partial charge in [0.25, 0.3) is 0 Å². The molecular weight excluding hydrogens is 154 g/mol. The van der Waals surface area contributed by atoms with E-state index in [1.165, 1.54) is 0 Å². The summed E-state index contributed by atoms with van der Waals surface area (Å²) in [5, 5.41) is 21.3. The van der Waals surface area contributed by atoms with E-state index < -0.39 is 0 Å². The average Bonchev–Trinajstić information content (AvgIpc) is 2.47. The van der Waals surface area contributed by atoms with Gasteiger partial charge in [-0.05, 0) is 12.0 Å². The predicted octanol–water partition coefficient (Wildman–Crippen LogP) is 0.0947. The Morgan fingerprint density at radius 1 is 1.83 bits per heavy atom. The largest absolute Gasteiger partial charge is 0.395 e. The van der Waals surface area contributed by atoms with E-state index in [9.17, 15) is 0 Å². The van der Waals surface area contributed by atoms with Gasteiger partial charge in [0, 0.05) is 13.2 Å². The monoisotopic (exact) mass is 165 g/mol. The average molecular weight is 165 g/mol. The van der Waals surface area contributed by atoms with Gasteiger partial charge in [0.2, 0.25) is 0 Å². The Hall–Kier alpha value is -1.34. The molecule has 64 valence electrons. The van der Waals surface area contributed by atoms with Gasteiger partial charge in [0.15, 0.2) is 0 Å². The molecule has 0 spiro atoms. The highest BCUT2D eigenvalue weighted by molar-refractivity contribution is 5.07. The van der Waals surface area contributed by atoms with Crippen molar-refractivity contribution in [3.05, 3.63) is 18.0 Å². The molecule has 0 aromatic carbocycles. The van der Waals surface area contributed by atoms with Crippen molar-refractivity contribution in [2.24, 2.45) is 13.0 Å². The molecule has 0 aliphatic rings. The van der Waals surface area contributed by atoms with E-state index in [1.807, 2.05) is 19.3 Å². The van der Waals surface area contributed by atoms with Crippen LogP contribution in [0.4, 0.5) is 0 Å². The molecule has 0 bridgehead atoms. The Kier molecular flexibility index (Phi) is 2.83. The lowest BCUT2D eigenvalue weighted by Gasteiger charge is -2.00. The van der Waals surface area contributed by atoms with Crippen LogP contribution in [-0.4, -0.2) is 21.5 Å². The lowest BCUT2D eigenvalue weighted by molar-refractivity contribution is 0.255. The molecule has 0 aliphatic carbocycles. The molecule has 1 aromatic rings. The first-order chi connectivity index (χ1) is 5.76. The van der Waals surface area contributed by atoms with Crippen molar-refractivity contribution in [1.29, 1.82) is 5.26 Å². The Morgan fingerprint density at radius 3 is 3.00 bits per heavy atom. The number of nitriles is 1. The van der Waals surface area contributed by atoms with Crippen molar-refractivity contribution < 1.29 is 5.11 Å². The molecule has 12 heavy (non-hydrogen) atoms. The number of nitrogens with zero attached hydrogens (tertiary/aromatic N) is 3. The summed E-state index contributed by atoms with van der Waals surface area (Å²) < 4.78 is 1.68. The number of hydrogen-bond acceptors (Lipinski definition) is 3. The number of aryl methyl sites for hydroxylation is 1. The van der Waals surface area contributed by atoms with E-state index >= 15 is 0 Å². The number of rotatable bonds is 3. The zero-order chi connectivity index (χ0) is 8.97. The summed E-state index contributed by atoms with van der Waals surface area (Å²) in [6.07, 6.45) is 4.13. The predicted molar refractivity (Wildman–Crippen MR) is 43.1 cm³/mol. The van der Waals surface area contributed by atoms with Crippen LogP contribution in [0.3, 0.4) is 0 Å². The fraction of sp³-hybridized carbons (Fsp3) is 0.500. The summed E-state index contributed by atoms with van der Waals surface area (Å²) in [4.78, 5) is 0. The van der Waals surface area contributed by atoms with Crippen LogP contribution in [0.25, 0.3) is 0 Å². The molecule has 4 heteroatoms. The normalized spacial score (nSPS) is 12.4. The van der Waals surface area contributed by atoms with Crippen LogP contribution in [0.15, 0.2) is 12.4 Å². The topological polar surface area (TPSA) is 61.8 Å². The van der Waals surface area contributed by atoms with Crippen LogP contribution in [0.2, 0.25) is 0 Å². The quantitative estimate of drug-likeness (QED) is 0.690. The minimum atomic E-state index is -0.311. The van der Waals surface area contributed by atoms with Crippen molar-refractivity contribution >= 4 is 0 Å². The maximum atomic E-state index is 8.74. The summed E-state index contributed by atoms with van der Waals surface area (Å²) in [6, 6.07) is 2.02. The minimum Gasteiger partial charge on any atom is -0.395 e. The van der Waals surface area contributed by atoms with Crippen LogP contribution in [0.1, 0.15) is 5.56 Å². The smallest absolute Gasteiger partial charge is 0.0735 e. The number of hydrogen-bond donors (Lipinski definition) is 1. The molecule has 0 saturated heterocycles. The van der Waals surface area contributed by atoms with Gasteiger partial charge in [-0.15, -0.1) is 0 Å². The Balaban J connectivity index is 2.58. The first-order valence-electron chi connectivity index (χ1n) is 3.74. The standard InChI is InChI=1S/C8H11N3O/c1-11-5-8(4-10-11)2-7(3-9)6-12/h4-5,7,12H,2,6H2,1H3/t7-/m1/s1. The van der Waals surface area contributed by atoms with Gasteiger partial charge in [0.05, 0.1) is 24.8 Å². The van der Waals surface area contributed by atoms with E-state index in [0.29, 0.717) is 6.42 Å². The third-order valence-corrected chi connectivity index (χ3v) is 1.64. The van der Waals surface area contributed by atoms with E-state index in [2.05, 4.69) is 5.10 Å². The molecule has 0 saturated carbocycles. The molecule has 1 heterocycles. The summed E-state index contributed by atoms with van der Waals surface area (Å²) in [7, 11) is 1.82. The van der Waals surface area contributed by atoms with E-state index in [1.54, 1.807) is 10.9 Å². The number of aromatic nitrogens is 2. The third kappa shape index (κ3) is 2.07. The fourth-order valence-electron chi connectivity index (χ4n) is 1.01. The molecule has 0 amide bonds. The zero-order valence-electron chi connectivity index (χ0n) is 6.94. The summed E-state index contributed by atoms with van der Waals surface area (Å²) in [5.74, 6) is -0.311. The minimum absolute atomic E-state index is 0.0919. The lowest BCUT2D eigenvalue weighted by atomic mass is 10.1. The molecule has 0 unspecified atom stereocenters. The molecule has 1 aromatic heterocycles. The van der Waals surface area contributed by atoms with Crippen molar-refractivity contribution in [3.8, 4) is 6.07 Å². The molecule has 0 aliphatic heterocycles. The Bertz CT molecular complexity index is 287. The highest BCUT2D eigenvalue weighted by Crippen LogP contribution is 2.05. The Morgan fingerprint density at radius 2 is 2.58 bits per heavy atom. The van der Waals surface area contributed by atoms with Gasteiger partial charge in [-0.2, -0.15) is 10.4 Å². The molecular formula is C8H11N3O. The number of aliphatic hydroxyl groups excluding tert-OH is 1. The lowest BCUT2D eigenvalue weighted by Crippen LogP contribution is -2.05. The van der Waals surface area contributed by atoms with Gasteiger partial charge in [-0.3, -0.25) is 4.68 Å².